The highest BCUT2D eigenvalue weighted by Crippen LogP contribution is 2.39. The van der Waals surface area contributed by atoms with Crippen LogP contribution in [0, 0.1) is 6.92 Å². The molecule has 2 aromatic carbocycles. The zero-order valence-electron chi connectivity index (χ0n) is 16.6. The average Bonchev–Trinajstić information content (AvgIpc) is 2.71. The SMILES string of the molecule is CCOC(=O)CNC(=O)C1(/C=C/c2ccccc2)CC(=O)N1c1ccc(C)cc1. The minimum Gasteiger partial charge on any atom is -0.465 e. The number of aryl methyl sites for hydroxylation is 1. The molecule has 1 N–H and O–H groups in total. The molecule has 6 nitrogen and oxygen atoms in total. The Kier molecular flexibility index (Phi) is 6.12. The summed E-state index contributed by atoms with van der Waals surface area (Å²) >= 11 is 0. The second-order valence-electron chi connectivity index (χ2n) is 6.90. The number of hydrogen-bond acceptors (Lipinski definition) is 4. The normalized spacial score (nSPS) is 18.4. The number of nitrogens with one attached hydrogen (secondary N) is 1. The molecular weight excluding hydrogens is 368 g/mol. The first kappa shape index (κ1) is 20.3. The van der Waals surface area contributed by atoms with Crippen LogP contribution in [-0.4, -0.2) is 36.5 Å². The number of β-lactam (4-membered cyclic amide) rings is 1. The lowest BCUT2D eigenvalue weighted by Gasteiger charge is -2.48. The predicted molar refractivity (Wildman–Crippen MR) is 111 cm³/mol. The largest absolute Gasteiger partial charge is 0.465 e. The van der Waals surface area contributed by atoms with Crippen LogP contribution in [0.4, 0.5) is 5.69 Å². The van der Waals surface area contributed by atoms with Crippen molar-refractivity contribution in [1.82, 2.24) is 5.32 Å². The Bertz CT molecular complexity index is 922. The van der Waals surface area contributed by atoms with Gasteiger partial charge in [0.1, 0.15) is 6.54 Å². The molecule has 1 atom stereocenters. The summed E-state index contributed by atoms with van der Waals surface area (Å²) in [5, 5.41) is 2.62. The maximum atomic E-state index is 13.1. The number of carbonyl (C=O) groups excluding carboxylic acids is 3. The van der Waals surface area contributed by atoms with Crippen molar-refractivity contribution in [2.45, 2.75) is 25.8 Å². The van der Waals surface area contributed by atoms with Gasteiger partial charge in [0.05, 0.1) is 13.0 Å². The predicted octanol–water partition coefficient (Wildman–Crippen LogP) is 2.86. The van der Waals surface area contributed by atoms with Crippen molar-refractivity contribution in [3.63, 3.8) is 0 Å². The zero-order valence-corrected chi connectivity index (χ0v) is 16.6. The number of esters is 1. The van der Waals surface area contributed by atoms with Crippen molar-refractivity contribution in [2.24, 2.45) is 0 Å². The van der Waals surface area contributed by atoms with Crippen molar-refractivity contribution in [1.29, 1.82) is 0 Å². The van der Waals surface area contributed by atoms with E-state index >= 15 is 0 Å². The molecule has 2 aromatic rings. The lowest BCUT2D eigenvalue weighted by molar-refractivity contribution is -0.144. The summed E-state index contributed by atoms with van der Waals surface area (Å²) in [6.07, 6.45) is 3.57. The summed E-state index contributed by atoms with van der Waals surface area (Å²) in [5.74, 6) is -1.09. The van der Waals surface area contributed by atoms with Gasteiger partial charge in [-0.1, -0.05) is 54.1 Å². The van der Waals surface area contributed by atoms with Crippen molar-refractivity contribution < 1.29 is 19.1 Å². The topological polar surface area (TPSA) is 75.7 Å². The van der Waals surface area contributed by atoms with Crippen LogP contribution in [0.1, 0.15) is 24.5 Å². The number of benzene rings is 2. The molecule has 1 fully saturated rings. The van der Waals surface area contributed by atoms with E-state index < -0.39 is 17.4 Å². The quantitative estimate of drug-likeness (QED) is 0.581. The van der Waals surface area contributed by atoms with E-state index in [4.69, 9.17) is 4.74 Å². The Hall–Kier alpha value is -3.41. The van der Waals surface area contributed by atoms with E-state index in [0.717, 1.165) is 11.1 Å². The first-order chi connectivity index (χ1) is 14.0. The summed E-state index contributed by atoms with van der Waals surface area (Å²) in [6, 6.07) is 17.0. The lowest BCUT2D eigenvalue weighted by atomic mass is 9.81. The lowest BCUT2D eigenvalue weighted by Crippen LogP contribution is -2.70. The van der Waals surface area contributed by atoms with Gasteiger partial charge in [0.15, 0.2) is 5.54 Å². The second kappa shape index (κ2) is 8.73. The van der Waals surface area contributed by atoms with Gasteiger partial charge in [0.25, 0.3) is 5.91 Å². The molecule has 1 saturated heterocycles. The first-order valence-electron chi connectivity index (χ1n) is 9.54. The van der Waals surface area contributed by atoms with Gasteiger partial charge in [0, 0.05) is 5.69 Å². The summed E-state index contributed by atoms with van der Waals surface area (Å²) < 4.78 is 4.88. The van der Waals surface area contributed by atoms with E-state index in [0.29, 0.717) is 5.69 Å². The number of carbonyl (C=O) groups is 3. The Labute approximate surface area is 170 Å². The van der Waals surface area contributed by atoms with Crippen LogP contribution in [0.2, 0.25) is 0 Å². The minimum absolute atomic E-state index is 0.0267. The van der Waals surface area contributed by atoms with Gasteiger partial charge in [-0.15, -0.1) is 0 Å². The van der Waals surface area contributed by atoms with Crippen LogP contribution in [0.25, 0.3) is 6.08 Å². The van der Waals surface area contributed by atoms with Crippen LogP contribution in [0.15, 0.2) is 60.7 Å². The molecule has 2 amide bonds. The van der Waals surface area contributed by atoms with Crippen molar-refractivity contribution in [3.8, 4) is 0 Å². The van der Waals surface area contributed by atoms with Crippen molar-refractivity contribution in [3.05, 3.63) is 71.8 Å². The number of rotatable bonds is 7. The molecule has 0 aromatic heterocycles. The molecular formula is C23H24N2O4. The molecule has 29 heavy (non-hydrogen) atoms. The van der Waals surface area contributed by atoms with Gasteiger partial charge >= 0.3 is 5.97 Å². The molecule has 0 saturated carbocycles. The van der Waals surface area contributed by atoms with E-state index in [9.17, 15) is 14.4 Å². The summed E-state index contributed by atoms with van der Waals surface area (Å²) in [5.41, 5.74) is 1.40. The van der Waals surface area contributed by atoms with Crippen molar-refractivity contribution >= 4 is 29.5 Å². The van der Waals surface area contributed by atoms with Gasteiger partial charge in [-0.3, -0.25) is 19.3 Å². The molecule has 6 heteroatoms. The Morgan fingerprint density at radius 3 is 2.45 bits per heavy atom. The maximum Gasteiger partial charge on any atom is 0.325 e. The van der Waals surface area contributed by atoms with E-state index in [-0.39, 0.29) is 25.5 Å². The molecule has 0 bridgehead atoms. The van der Waals surface area contributed by atoms with E-state index in [1.165, 1.54) is 4.90 Å². The fourth-order valence-corrected chi connectivity index (χ4v) is 3.29. The number of nitrogens with zero attached hydrogens (tertiary/aromatic N) is 1. The smallest absolute Gasteiger partial charge is 0.325 e. The van der Waals surface area contributed by atoms with Crippen molar-refractivity contribution in [2.75, 3.05) is 18.1 Å². The van der Waals surface area contributed by atoms with Gasteiger partial charge in [-0.2, -0.15) is 0 Å². The van der Waals surface area contributed by atoms with Gasteiger partial charge in [0.2, 0.25) is 5.91 Å². The van der Waals surface area contributed by atoms with Gasteiger partial charge in [-0.05, 0) is 37.6 Å². The third kappa shape index (κ3) is 4.37. The van der Waals surface area contributed by atoms with E-state index in [1.807, 2.05) is 67.6 Å². The Balaban J connectivity index is 1.91. The fourth-order valence-electron chi connectivity index (χ4n) is 3.29. The third-order valence-electron chi connectivity index (χ3n) is 4.80. The van der Waals surface area contributed by atoms with Crippen LogP contribution < -0.4 is 10.2 Å². The molecule has 0 spiro atoms. The Morgan fingerprint density at radius 1 is 1.14 bits per heavy atom. The number of anilines is 1. The molecule has 0 aliphatic carbocycles. The summed E-state index contributed by atoms with van der Waals surface area (Å²) in [6.45, 7) is 3.65. The molecule has 0 radical (unpaired) electrons. The van der Waals surface area contributed by atoms with Crippen LogP contribution >= 0.6 is 0 Å². The van der Waals surface area contributed by atoms with Crippen LogP contribution in [0.5, 0.6) is 0 Å². The monoisotopic (exact) mass is 392 g/mol. The minimum atomic E-state index is -1.20. The fraction of sp³-hybridized carbons (Fsp3) is 0.261. The van der Waals surface area contributed by atoms with Crippen LogP contribution in [0.3, 0.4) is 0 Å². The highest BCUT2D eigenvalue weighted by molar-refractivity contribution is 6.15. The van der Waals surface area contributed by atoms with Gasteiger partial charge < -0.3 is 10.1 Å². The highest BCUT2D eigenvalue weighted by atomic mass is 16.5. The molecule has 150 valence electrons. The van der Waals surface area contributed by atoms with E-state index in [1.54, 1.807) is 13.0 Å². The number of ether oxygens (including phenoxy) is 1. The maximum absolute atomic E-state index is 13.1. The summed E-state index contributed by atoms with van der Waals surface area (Å²) in [7, 11) is 0. The molecule has 1 heterocycles. The Morgan fingerprint density at radius 2 is 1.83 bits per heavy atom. The number of hydrogen-bond donors (Lipinski definition) is 1. The summed E-state index contributed by atoms with van der Waals surface area (Å²) in [4.78, 5) is 38.8. The van der Waals surface area contributed by atoms with Crippen LogP contribution in [-0.2, 0) is 19.1 Å². The molecule has 1 aliphatic rings. The second-order valence-corrected chi connectivity index (χ2v) is 6.90. The van der Waals surface area contributed by atoms with E-state index in [2.05, 4.69) is 5.32 Å². The average molecular weight is 392 g/mol. The highest BCUT2D eigenvalue weighted by Gasteiger charge is 2.55. The van der Waals surface area contributed by atoms with Gasteiger partial charge in [-0.25, -0.2) is 0 Å². The number of amides is 2. The standard InChI is InChI=1S/C23H24N2O4/c1-3-29-21(27)16-24-22(28)23(14-13-18-7-5-4-6-8-18)15-20(26)25(23)19-11-9-17(2)10-12-19/h4-14H,3,15-16H2,1-2H3,(H,24,28)/b14-13+. The zero-order chi connectivity index (χ0) is 20.9. The first-order valence-corrected chi connectivity index (χ1v) is 9.54. The molecule has 1 unspecified atom stereocenters. The third-order valence-corrected chi connectivity index (χ3v) is 4.80. The molecule has 3 rings (SSSR count). The molecule has 1 aliphatic heterocycles.